The lowest BCUT2D eigenvalue weighted by molar-refractivity contribution is 0.0635. The minimum absolute atomic E-state index is 0.00733. The Balaban J connectivity index is 1.75. The zero-order valence-corrected chi connectivity index (χ0v) is 17.9. The van der Waals surface area contributed by atoms with Gasteiger partial charge in [-0.2, -0.15) is 0 Å². The van der Waals surface area contributed by atoms with Crippen LogP contribution in [0.3, 0.4) is 0 Å². The van der Waals surface area contributed by atoms with E-state index in [9.17, 15) is 14.0 Å². The number of hydrogen-bond donors (Lipinski definition) is 1. The fraction of sp³-hybridized carbons (Fsp3) is 0.300. The third-order valence-corrected chi connectivity index (χ3v) is 4.59. The third-order valence-electron chi connectivity index (χ3n) is 3.92. The molecule has 1 aliphatic heterocycles. The maximum absolute atomic E-state index is 14.8. The highest BCUT2D eigenvalue weighted by atomic mass is 127. The lowest BCUT2D eigenvalue weighted by atomic mass is 10.1. The van der Waals surface area contributed by atoms with Crippen LogP contribution in [0.1, 0.15) is 31.9 Å². The Labute approximate surface area is 176 Å². The largest absolute Gasteiger partial charge is 0.444 e. The molecule has 0 spiro atoms. The summed E-state index contributed by atoms with van der Waals surface area (Å²) in [5.74, 6) is -0.0940. The molecule has 0 radical (unpaired) electrons. The molecule has 0 saturated heterocycles. The highest BCUT2D eigenvalue weighted by Gasteiger charge is 2.26. The van der Waals surface area contributed by atoms with Gasteiger partial charge in [0, 0.05) is 14.7 Å². The predicted molar refractivity (Wildman–Crippen MR) is 111 cm³/mol. The van der Waals surface area contributed by atoms with Gasteiger partial charge < -0.3 is 9.47 Å². The van der Waals surface area contributed by atoms with Crippen molar-refractivity contribution >= 4 is 40.5 Å². The van der Waals surface area contributed by atoms with Crippen molar-refractivity contribution in [3.05, 3.63) is 56.9 Å². The van der Waals surface area contributed by atoms with Crippen molar-refractivity contribution < 1.29 is 23.5 Å². The van der Waals surface area contributed by atoms with Crippen molar-refractivity contribution in [2.75, 3.05) is 5.32 Å². The minimum atomic E-state index is -0.746. The molecule has 148 valence electrons. The standard InChI is InChI=1S/C20H20FIN2O4/c1-20(2,3)28-18(25)23-15-6-4-5-13(17(15)21)11-24-10-12-7-8-14(22)9-16(12)27-19(24)26/h4-9H,10-11H2,1-3H3,(H,23,25). The van der Waals surface area contributed by atoms with E-state index in [2.05, 4.69) is 27.9 Å². The summed E-state index contributed by atoms with van der Waals surface area (Å²) in [6, 6.07) is 10.2. The molecule has 0 unspecified atom stereocenters. The Kier molecular flexibility index (Phi) is 5.78. The molecule has 2 aromatic rings. The van der Waals surface area contributed by atoms with Crippen LogP contribution in [-0.2, 0) is 17.8 Å². The van der Waals surface area contributed by atoms with Gasteiger partial charge in [0.25, 0.3) is 0 Å². The Bertz CT molecular complexity index is 927. The van der Waals surface area contributed by atoms with Crippen LogP contribution in [0.4, 0.5) is 19.7 Å². The monoisotopic (exact) mass is 498 g/mol. The number of carbonyl (C=O) groups is 2. The van der Waals surface area contributed by atoms with Crippen molar-refractivity contribution in [2.24, 2.45) is 0 Å². The summed E-state index contributed by atoms with van der Waals surface area (Å²) in [5.41, 5.74) is 0.413. The Morgan fingerprint density at radius 3 is 2.79 bits per heavy atom. The highest BCUT2D eigenvalue weighted by Crippen LogP contribution is 2.29. The number of halogens is 2. The summed E-state index contributed by atoms with van der Waals surface area (Å²) in [4.78, 5) is 25.6. The first-order chi connectivity index (χ1) is 13.1. The number of carbonyl (C=O) groups excluding carboxylic acids is 2. The zero-order valence-electron chi connectivity index (χ0n) is 15.7. The number of nitrogens with zero attached hydrogens (tertiary/aromatic N) is 1. The van der Waals surface area contributed by atoms with Crippen LogP contribution in [0.25, 0.3) is 0 Å². The summed E-state index contributed by atoms with van der Waals surface area (Å²) in [6.45, 7) is 5.49. The maximum atomic E-state index is 14.8. The smallest absolute Gasteiger partial charge is 0.415 e. The Morgan fingerprint density at radius 2 is 2.07 bits per heavy atom. The first-order valence-electron chi connectivity index (χ1n) is 8.65. The van der Waals surface area contributed by atoms with Gasteiger partial charge in [-0.15, -0.1) is 0 Å². The summed E-state index contributed by atoms with van der Waals surface area (Å²) >= 11 is 2.14. The first kappa shape index (κ1) is 20.4. The van der Waals surface area contributed by atoms with Crippen molar-refractivity contribution in [2.45, 2.75) is 39.5 Å². The number of ether oxygens (including phenoxy) is 2. The quantitative estimate of drug-likeness (QED) is 0.584. The van der Waals surface area contributed by atoms with Gasteiger partial charge in [0.15, 0.2) is 5.82 Å². The van der Waals surface area contributed by atoms with E-state index in [1.807, 2.05) is 12.1 Å². The number of fused-ring (bicyclic) bond motifs is 1. The molecule has 1 aliphatic rings. The molecule has 8 heteroatoms. The number of benzene rings is 2. The van der Waals surface area contributed by atoms with Crippen molar-refractivity contribution in [3.8, 4) is 5.75 Å². The number of amides is 2. The van der Waals surface area contributed by atoms with Gasteiger partial charge in [-0.05, 0) is 61.6 Å². The second-order valence-electron chi connectivity index (χ2n) is 7.38. The molecule has 0 bridgehead atoms. The van der Waals surface area contributed by atoms with Crippen LogP contribution < -0.4 is 10.1 Å². The second-order valence-corrected chi connectivity index (χ2v) is 8.63. The van der Waals surface area contributed by atoms with Gasteiger partial charge >= 0.3 is 12.2 Å². The molecule has 2 aromatic carbocycles. The Morgan fingerprint density at radius 1 is 1.32 bits per heavy atom. The fourth-order valence-corrected chi connectivity index (χ4v) is 3.18. The topological polar surface area (TPSA) is 67.9 Å². The summed E-state index contributed by atoms with van der Waals surface area (Å²) < 4.78 is 26.3. The van der Waals surface area contributed by atoms with Crippen LogP contribution in [0.2, 0.25) is 0 Å². The maximum Gasteiger partial charge on any atom is 0.415 e. The lowest BCUT2D eigenvalue weighted by Crippen LogP contribution is -2.36. The molecule has 28 heavy (non-hydrogen) atoms. The van der Waals surface area contributed by atoms with Crippen LogP contribution in [-0.4, -0.2) is 22.7 Å². The van der Waals surface area contributed by atoms with Crippen LogP contribution in [0.5, 0.6) is 5.75 Å². The molecule has 2 amide bonds. The molecule has 3 rings (SSSR count). The van der Waals surface area contributed by atoms with Gasteiger partial charge in [-0.3, -0.25) is 10.2 Å². The molecule has 0 atom stereocenters. The number of rotatable bonds is 3. The minimum Gasteiger partial charge on any atom is -0.444 e. The lowest BCUT2D eigenvalue weighted by Gasteiger charge is -2.28. The van der Waals surface area contributed by atoms with Crippen LogP contribution >= 0.6 is 22.6 Å². The summed E-state index contributed by atoms with van der Waals surface area (Å²) in [6.07, 6.45) is -1.29. The van der Waals surface area contributed by atoms with E-state index in [1.54, 1.807) is 39.0 Å². The molecule has 6 nitrogen and oxygen atoms in total. The molecule has 1 N–H and O–H groups in total. The number of nitrogens with one attached hydrogen (secondary N) is 1. The van der Waals surface area contributed by atoms with E-state index < -0.39 is 23.6 Å². The van der Waals surface area contributed by atoms with E-state index in [-0.39, 0.29) is 17.8 Å². The number of hydrogen-bond acceptors (Lipinski definition) is 4. The zero-order chi connectivity index (χ0) is 20.5. The number of anilines is 1. The SMILES string of the molecule is CC(C)(C)OC(=O)Nc1cccc(CN2Cc3ccc(I)cc3OC2=O)c1F. The van der Waals surface area contributed by atoms with Crippen molar-refractivity contribution in [3.63, 3.8) is 0 Å². The van der Waals surface area contributed by atoms with Crippen LogP contribution in [0.15, 0.2) is 36.4 Å². The fourth-order valence-electron chi connectivity index (χ4n) is 2.72. The Hall–Kier alpha value is -2.36. The molecule has 1 heterocycles. The molecular weight excluding hydrogens is 478 g/mol. The van der Waals surface area contributed by atoms with Gasteiger partial charge in [0.1, 0.15) is 11.4 Å². The molecular formula is C20H20FIN2O4. The van der Waals surface area contributed by atoms with E-state index in [0.29, 0.717) is 12.3 Å². The van der Waals surface area contributed by atoms with Gasteiger partial charge in [0.2, 0.25) is 0 Å². The van der Waals surface area contributed by atoms with E-state index in [1.165, 1.54) is 11.0 Å². The normalized spacial score (nSPS) is 13.6. The highest BCUT2D eigenvalue weighted by molar-refractivity contribution is 14.1. The molecule has 0 saturated carbocycles. The molecule has 0 aromatic heterocycles. The second kappa shape index (κ2) is 7.94. The average molecular weight is 498 g/mol. The van der Waals surface area contributed by atoms with Crippen molar-refractivity contribution in [1.29, 1.82) is 0 Å². The molecule has 0 aliphatic carbocycles. The summed E-state index contributed by atoms with van der Waals surface area (Å²) in [5, 5.41) is 2.41. The van der Waals surface area contributed by atoms with E-state index in [4.69, 9.17) is 9.47 Å². The first-order valence-corrected chi connectivity index (χ1v) is 9.73. The van der Waals surface area contributed by atoms with Crippen molar-refractivity contribution in [1.82, 2.24) is 4.90 Å². The average Bonchev–Trinajstić information content (AvgIpc) is 2.57. The van der Waals surface area contributed by atoms with E-state index >= 15 is 0 Å². The van der Waals surface area contributed by atoms with E-state index in [0.717, 1.165) is 9.13 Å². The van der Waals surface area contributed by atoms with Gasteiger partial charge in [-0.25, -0.2) is 14.0 Å². The third kappa shape index (κ3) is 4.92. The van der Waals surface area contributed by atoms with Crippen LogP contribution in [0, 0.1) is 9.39 Å². The summed E-state index contributed by atoms with van der Waals surface area (Å²) in [7, 11) is 0. The molecule has 0 fully saturated rings. The van der Waals surface area contributed by atoms with Gasteiger partial charge in [-0.1, -0.05) is 18.2 Å². The van der Waals surface area contributed by atoms with Gasteiger partial charge in [0.05, 0.1) is 18.8 Å². The predicted octanol–water partition coefficient (Wildman–Crippen LogP) is 5.29.